The van der Waals surface area contributed by atoms with Gasteiger partial charge in [0.15, 0.2) is 0 Å². The Morgan fingerprint density at radius 2 is 2.00 bits per heavy atom. The maximum absolute atomic E-state index is 12.5. The summed E-state index contributed by atoms with van der Waals surface area (Å²) in [6, 6.07) is 10.5. The van der Waals surface area contributed by atoms with Crippen molar-refractivity contribution in [1.29, 1.82) is 0 Å². The van der Waals surface area contributed by atoms with E-state index in [9.17, 15) is 8.42 Å². The second-order valence-electron chi connectivity index (χ2n) is 4.30. The van der Waals surface area contributed by atoms with E-state index in [1.54, 1.807) is 36.7 Å². The van der Waals surface area contributed by atoms with Gasteiger partial charge in [0.1, 0.15) is 4.21 Å². The highest BCUT2D eigenvalue weighted by Gasteiger charge is 2.20. The summed E-state index contributed by atoms with van der Waals surface area (Å²) >= 11 is 1.25. The maximum Gasteiger partial charge on any atom is 0.216 e. The Bertz CT molecular complexity index is 818. The first kappa shape index (κ1) is 12.3. The molecule has 3 aromatic rings. The topological polar surface area (TPSA) is 47.0 Å². The zero-order valence-electron chi connectivity index (χ0n) is 10.2. The molecular formula is C14H11NO2S2. The van der Waals surface area contributed by atoms with Gasteiger partial charge in [-0.25, -0.2) is 8.42 Å². The predicted molar refractivity (Wildman–Crippen MR) is 76.3 cm³/mol. The van der Waals surface area contributed by atoms with Gasteiger partial charge in [-0.3, -0.25) is 4.98 Å². The molecule has 0 atom stereocenters. The summed E-state index contributed by atoms with van der Waals surface area (Å²) in [4.78, 5) is 4.35. The van der Waals surface area contributed by atoms with Gasteiger partial charge in [0, 0.05) is 12.4 Å². The highest BCUT2D eigenvalue weighted by atomic mass is 32.2. The fourth-order valence-corrected chi connectivity index (χ4v) is 4.76. The lowest BCUT2D eigenvalue weighted by Crippen LogP contribution is -1.99. The Morgan fingerprint density at radius 3 is 2.74 bits per heavy atom. The van der Waals surface area contributed by atoms with Crippen molar-refractivity contribution < 1.29 is 8.42 Å². The lowest BCUT2D eigenvalue weighted by Gasteiger charge is -2.02. The van der Waals surface area contributed by atoms with E-state index < -0.39 is 9.84 Å². The van der Waals surface area contributed by atoms with Crippen molar-refractivity contribution in [2.45, 2.75) is 16.0 Å². The molecule has 0 radical (unpaired) electrons. The number of hydrogen-bond donors (Lipinski definition) is 0. The monoisotopic (exact) mass is 289 g/mol. The van der Waals surface area contributed by atoms with E-state index in [1.807, 2.05) is 19.1 Å². The van der Waals surface area contributed by atoms with Gasteiger partial charge in [-0.2, -0.15) is 0 Å². The number of hydrogen-bond acceptors (Lipinski definition) is 4. The van der Waals surface area contributed by atoms with Crippen LogP contribution < -0.4 is 0 Å². The summed E-state index contributed by atoms with van der Waals surface area (Å²) in [6.07, 6.45) is 3.35. The van der Waals surface area contributed by atoms with Gasteiger partial charge >= 0.3 is 0 Å². The van der Waals surface area contributed by atoms with E-state index in [4.69, 9.17) is 0 Å². The summed E-state index contributed by atoms with van der Waals surface area (Å²) in [6.45, 7) is 1.88. The molecule has 0 aliphatic carbocycles. The third-order valence-corrected chi connectivity index (χ3v) is 6.18. The third-order valence-electron chi connectivity index (χ3n) is 2.87. The molecule has 2 aromatic heterocycles. The second kappa shape index (κ2) is 4.43. The molecule has 96 valence electrons. The standard InChI is InChI=1S/C14H11NO2S2/c1-10-3-2-4-12(7-10)19(16,17)14-8-11-5-6-15-9-13(11)18-14/h2-9H,1H3. The molecule has 2 heterocycles. The molecule has 0 aliphatic rings. The molecule has 0 bridgehead atoms. The van der Waals surface area contributed by atoms with Crippen LogP contribution in [0.1, 0.15) is 5.56 Å². The molecule has 0 aliphatic heterocycles. The zero-order valence-corrected chi connectivity index (χ0v) is 11.8. The number of pyridine rings is 1. The van der Waals surface area contributed by atoms with Crippen LogP contribution in [-0.2, 0) is 9.84 Å². The van der Waals surface area contributed by atoms with Crippen molar-refractivity contribution in [3.8, 4) is 0 Å². The van der Waals surface area contributed by atoms with Crippen LogP contribution >= 0.6 is 11.3 Å². The van der Waals surface area contributed by atoms with E-state index in [0.717, 1.165) is 15.6 Å². The summed E-state index contributed by atoms with van der Waals surface area (Å²) < 4.78 is 26.3. The summed E-state index contributed by atoms with van der Waals surface area (Å²) in [7, 11) is -3.43. The van der Waals surface area contributed by atoms with Crippen LogP contribution in [0.15, 0.2) is 57.9 Å². The molecule has 0 fully saturated rings. The molecule has 1 aromatic carbocycles. The van der Waals surface area contributed by atoms with Crippen LogP contribution in [0.25, 0.3) is 10.1 Å². The van der Waals surface area contributed by atoms with Crippen molar-refractivity contribution in [3.05, 3.63) is 54.4 Å². The highest BCUT2D eigenvalue weighted by molar-refractivity contribution is 7.93. The quantitative estimate of drug-likeness (QED) is 0.726. The average Bonchev–Trinajstić information content (AvgIpc) is 2.83. The fraction of sp³-hybridized carbons (Fsp3) is 0.0714. The Morgan fingerprint density at radius 1 is 1.16 bits per heavy atom. The minimum atomic E-state index is -3.43. The highest BCUT2D eigenvalue weighted by Crippen LogP contribution is 2.32. The lowest BCUT2D eigenvalue weighted by molar-refractivity contribution is 0.598. The summed E-state index contributed by atoms with van der Waals surface area (Å²) in [5, 5.41) is 0.909. The molecule has 3 nitrogen and oxygen atoms in total. The average molecular weight is 289 g/mol. The van der Waals surface area contributed by atoms with E-state index in [0.29, 0.717) is 9.10 Å². The first-order valence-electron chi connectivity index (χ1n) is 5.73. The number of nitrogens with zero attached hydrogens (tertiary/aromatic N) is 1. The van der Waals surface area contributed by atoms with Crippen molar-refractivity contribution in [1.82, 2.24) is 4.98 Å². The molecule has 0 amide bonds. The Hall–Kier alpha value is -1.72. The normalized spacial score (nSPS) is 11.8. The number of thiophene rings is 1. The number of fused-ring (bicyclic) bond motifs is 1. The molecule has 3 rings (SSSR count). The maximum atomic E-state index is 12.5. The van der Waals surface area contributed by atoms with Crippen LogP contribution in [0.3, 0.4) is 0 Å². The van der Waals surface area contributed by atoms with Gasteiger partial charge < -0.3 is 0 Å². The Kier molecular flexibility index (Phi) is 2.88. The molecule has 0 saturated carbocycles. The van der Waals surface area contributed by atoms with Crippen molar-refractivity contribution in [3.63, 3.8) is 0 Å². The number of benzene rings is 1. The van der Waals surface area contributed by atoms with E-state index in [-0.39, 0.29) is 0 Å². The summed E-state index contributed by atoms with van der Waals surface area (Å²) in [5.74, 6) is 0. The summed E-state index contributed by atoms with van der Waals surface area (Å²) in [5.41, 5.74) is 0.934. The predicted octanol–water partition coefficient (Wildman–Crippen LogP) is 3.44. The van der Waals surface area contributed by atoms with Gasteiger partial charge in [0.2, 0.25) is 9.84 Å². The third kappa shape index (κ3) is 2.15. The van der Waals surface area contributed by atoms with Crippen molar-refractivity contribution in [2.75, 3.05) is 0 Å². The number of aryl methyl sites for hydroxylation is 1. The Balaban J connectivity index is 2.19. The van der Waals surface area contributed by atoms with Gasteiger partial charge in [0.05, 0.1) is 9.60 Å². The molecular weight excluding hydrogens is 278 g/mol. The lowest BCUT2D eigenvalue weighted by atomic mass is 10.2. The van der Waals surface area contributed by atoms with Crippen LogP contribution in [0.4, 0.5) is 0 Å². The first-order chi connectivity index (χ1) is 9.07. The minimum absolute atomic E-state index is 0.340. The molecule has 5 heteroatoms. The fourth-order valence-electron chi connectivity index (χ4n) is 1.89. The SMILES string of the molecule is Cc1cccc(S(=O)(=O)c2cc3ccncc3s2)c1. The van der Waals surface area contributed by atoms with E-state index in [1.165, 1.54) is 11.3 Å². The molecule has 0 spiro atoms. The number of aromatic nitrogens is 1. The molecule has 19 heavy (non-hydrogen) atoms. The van der Waals surface area contributed by atoms with Crippen LogP contribution in [0, 0.1) is 6.92 Å². The number of rotatable bonds is 2. The van der Waals surface area contributed by atoms with Gasteiger partial charge in [0.25, 0.3) is 0 Å². The molecule has 0 N–H and O–H groups in total. The van der Waals surface area contributed by atoms with Gasteiger partial charge in [-0.15, -0.1) is 11.3 Å². The smallest absolute Gasteiger partial charge is 0.216 e. The van der Waals surface area contributed by atoms with Gasteiger partial charge in [-0.05, 0) is 42.1 Å². The zero-order chi connectivity index (χ0) is 13.5. The van der Waals surface area contributed by atoms with Gasteiger partial charge in [-0.1, -0.05) is 12.1 Å². The van der Waals surface area contributed by atoms with Crippen LogP contribution in [-0.4, -0.2) is 13.4 Å². The van der Waals surface area contributed by atoms with Crippen LogP contribution in [0.5, 0.6) is 0 Å². The van der Waals surface area contributed by atoms with E-state index >= 15 is 0 Å². The minimum Gasteiger partial charge on any atom is -0.263 e. The van der Waals surface area contributed by atoms with Crippen molar-refractivity contribution >= 4 is 31.3 Å². The largest absolute Gasteiger partial charge is 0.263 e. The second-order valence-corrected chi connectivity index (χ2v) is 7.56. The van der Waals surface area contributed by atoms with E-state index in [2.05, 4.69) is 4.98 Å². The Labute approximate surface area is 115 Å². The first-order valence-corrected chi connectivity index (χ1v) is 8.03. The van der Waals surface area contributed by atoms with Crippen molar-refractivity contribution in [2.24, 2.45) is 0 Å². The van der Waals surface area contributed by atoms with Crippen LogP contribution in [0.2, 0.25) is 0 Å². The molecule has 0 saturated heterocycles. The molecule has 0 unspecified atom stereocenters. The number of sulfone groups is 1.